The molecule has 0 unspecified atom stereocenters. The van der Waals surface area contributed by atoms with Gasteiger partial charge < -0.3 is 5.32 Å². The zero-order chi connectivity index (χ0) is 11.5. The van der Waals surface area contributed by atoms with E-state index in [1.807, 2.05) is 30.3 Å². The number of benzene rings is 1. The highest BCUT2D eigenvalue weighted by Crippen LogP contribution is 2.28. The Labute approximate surface area is 107 Å². The van der Waals surface area contributed by atoms with Crippen LogP contribution in [0.25, 0.3) is 0 Å². The molecular formula is C10H7Cl2N3S. The van der Waals surface area contributed by atoms with E-state index in [0.29, 0.717) is 9.90 Å². The van der Waals surface area contributed by atoms with Gasteiger partial charge >= 0.3 is 0 Å². The van der Waals surface area contributed by atoms with Gasteiger partial charge in [0.05, 0.1) is 0 Å². The molecule has 0 radical (unpaired) electrons. The van der Waals surface area contributed by atoms with Crippen molar-refractivity contribution in [1.29, 1.82) is 5.41 Å². The molecule has 0 amide bonds. The number of hydrogen-bond donors (Lipinski definition) is 2. The second kappa shape index (κ2) is 4.82. The zero-order valence-corrected chi connectivity index (χ0v) is 10.3. The van der Waals surface area contributed by atoms with Crippen molar-refractivity contribution < 1.29 is 0 Å². The van der Waals surface area contributed by atoms with E-state index in [1.165, 1.54) is 0 Å². The summed E-state index contributed by atoms with van der Waals surface area (Å²) in [5.74, 6) is 0.195. The lowest BCUT2D eigenvalue weighted by Crippen LogP contribution is -2.10. The number of anilines is 1. The lowest BCUT2D eigenvalue weighted by atomic mass is 10.3. The van der Waals surface area contributed by atoms with Crippen LogP contribution in [-0.4, -0.2) is 10.2 Å². The van der Waals surface area contributed by atoms with Crippen molar-refractivity contribution in [3.8, 4) is 0 Å². The molecule has 2 N–H and O–H groups in total. The minimum absolute atomic E-state index is 0.195. The minimum atomic E-state index is 0.195. The van der Waals surface area contributed by atoms with Gasteiger partial charge in [-0.15, -0.1) is 0 Å². The lowest BCUT2D eigenvalue weighted by Gasteiger charge is -2.05. The van der Waals surface area contributed by atoms with Gasteiger partial charge in [0, 0.05) is 5.69 Å². The van der Waals surface area contributed by atoms with Crippen LogP contribution in [0.1, 0.15) is 4.88 Å². The van der Waals surface area contributed by atoms with Crippen LogP contribution in [0.5, 0.6) is 0 Å². The van der Waals surface area contributed by atoms with Crippen molar-refractivity contribution in [2.24, 2.45) is 0 Å². The maximum atomic E-state index is 7.84. The second-order valence-corrected chi connectivity index (χ2v) is 4.49. The highest BCUT2D eigenvalue weighted by molar-refractivity contribution is 7.09. The van der Waals surface area contributed by atoms with E-state index in [9.17, 15) is 0 Å². The van der Waals surface area contributed by atoms with E-state index in [0.717, 1.165) is 17.2 Å². The molecule has 1 heterocycles. The number of aromatic nitrogens is 1. The van der Waals surface area contributed by atoms with Crippen LogP contribution in [0.4, 0.5) is 5.69 Å². The Morgan fingerprint density at radius 1 is 1.25 bits per heavy atom. The molecular weight excluding hydrogens is 265 g/mol. The smallest absolute Gasteiger partial charge is 0.162 e. The standard InChI is InChI=1S/C10H7Cl2N3S/c11-7-8(16-15-9(7)12)10(13)14-6-4-2-1-3-5-6/h1-5H,(H2,13,14). The van der Waals surface area contributed by atoms with Gasteiger partial charge in [0.1, 0.15) is 15.7 Å². The van der Waals surface area contributed by atoms with Crippen molar-refractivity contribution in [1.82, 2.24) is 4.37 Å². The summed E-state index contributed by atoms with van der Waals surface area (Å²) in [6.45, 7) is 0. The van der Waals surface area contributed by atoms with E-state index in [2.05, 4.69) is 9.69 Å². The first-order valence-corrected chi connectivity index (χ1v) is 5.93. The van der Waals surface area contributed by atoms with Crippen molar-refractivity contribution in [3.63, 3.8) is 0 Å². The van der Waals surface area contributed by atoms with E-state index in [1.54, 1.807) is 0 Å². The lowest BCUT2D eigenvalue weighted by molar-refractivity contribution is 1.47. The van der Waals surface area contributed by atoms with Gasteiger partial charge in [-0.05, 0) is 23.7 Å². The summed E-state index contributed by atoms with van der Waals surface area (Å²) in [5.41, 5.74) is 0.827. The monoisotopic (exact) mass is 271 g/mol. The first-order valence-electron chi connectivity index (χ1n) is 4.40. The number of para-hydroxylation sites is 1. The van der Waals surface area contributed by atoms with Gasteiger partial charge in [0.15, 0.2) is 5.15 Å². The van der Waals surface area contributed by atoms with E-state index in [4.69, 9.17) is 28.6 Å². The van der Waals surface area contributed by atoms with Crippen LogP contribution in [0.2, 0.25) is 10.2 Å². The largest absolute Gasteiger partial charge is 0.339 e. The van der Waals surface area contributed by atoms with Crippen LogP contribution >= 0.6 is 34.7 Å². The van der Waals surface area contributed by atoms with Gasteiger partial charge in [0.2, 0.25) is 0 Å². The Balaban J connectivity index is 2.18. The van der Waals surface area contributed by atoms with Crippen LogP contribution in [0.3, 0.4) is 0 Å². The minimum Gasteiger partial charge on any atom is -0.339 e. The van der Waals surface area contributed by atoms with Gasteiger partial charge in [-0.1, -0.05) is 41.4 Å². The van der Waals surface area contributed by atoms with Gasteiger partial charge in [-0.25, -0.2) is 0 Å². The van der Waals surface area contributed by atoms with Gasteiger partial charge in [-0.3, -0.25) is 5.41 Å². The fraction of sp³-hybridized carbons (Fsp3) is 0. The number of hydrogen-bond acceptors (Lipinski definition) is 3. The number of rotatable bonds is 2. The Kier molecular flexibility index (Phi) is 3.43. The quantitative estimate of drug-likeness (QED) is 0.643. The predicted molar refractivity (Wildman–Crippen MR) is 69.0 cm³/mol. The Morgan fingerprint density at radius 3 is 2.50 bits per heavy atom. The Morgan fingerprint density at radius 2 is 1.94 bits per heavy atom. The molecule has 0 atom stereocenters. The van der Waals surface area contributed by atoms with E-state index < -0.39 is 0 Å². The Hall–Kier alpha value is -1.10. The maximum absolute atomic E-state index is 7.84. The molecule has 0 aliphatic heterocycles. The number of amidine groups is 1. The third kappa shape index (κ3) is 2.35. The number of nitrogens with one attached hydrogen (secondary N) is 2. The highest BCUT2D eigenvalue weighted by Gasteiger charge is 2.14. The highest BCUT2D eigenvalue weighted by atomic mass is 35.5. The van der Waals surface area contributed by atoms with Gasteiger partial charge in [0.25, 0.3) is 0 Å². The van der Waals surface area contributed by atoms with Crippen molar-refractivity contribution >= 4 is 46.3 Å². The summed E-state index contributed by atoms with van der Waals surface area (Å²) < 4.78 is 3.87. The van der Waals surface area contributed by atoms with Crippen LogP contribution in [-0.2, 0) is 0 Å². The molecule has 1 aromatic carbocycles. The molecule has 2 aromatic rings. The summed E-state index contributed by atoms with van der Waals surface area (Å²) in [4.78, 5) is 0.538. The molecule has 16 heavy (non-hydrogen) atoms. The number of nitrogens with zero attached hydrogens (tertiary/aromatic N) is 1. The zero-order valence-electron chi connectivity index (χ0n) is 8.00. The van der Waals surface area contributed by atoms with Gasteiger partial charge in [-0.2, -0.15) is 4.37 Å². The van der Waals surface area contributed by atoms with Crippen molar-refractivity contribution in [2.45, 2.75) is 0 Å². The molecule has 0 saturated heterocycles. The summed E-state index contributed by atoms with van der Waals surface area (Å²) in [7, 11) is 0. The van der Waals surface area contributed by atoms with Crippen LogP contribution < -0.4 is 5.32 Å². The molecule has 0 bridgehead atoms. The molecule has 2 rings (SSSR count). The summed E-state index contributed by atoms with van der Waals surface area (Å²) in [6.07, 6.45) is 0. The molecule has 0 aliphatic carbocycles. The fourth-order valence-corrected chi connectivity index (χ4v) is 2.26. The molecule has 1 aromatic heterocycles. The molecule has 6 heteroatoms. The molecule has 0 aliphatic rings. The third-order valence-corrected chi connectivity index (χ3v) is 3.68. The molecule has 0 saturated carbocycles. The fourth-order valence-electron chi connectivity index (χ4n) is 1.14. The van der Waals surface area contributed by atoms with Crippen LogP contribution in [0, 0.1) is 5.41 Å². The molecule has 0 fully saturated rings. The maximum Gasteiger partial charge on any atom is 0.162 e. The first-order chi connectivity index (χ1) is 7.68. The molecule has 0 spiro atoms. The Bertz CT molecular complexity index is 510. The SMILES string of the molecule is N=C(Nc1ccccc1)c1snc(Cl)c1Cl. The number of halogens is 2. The van der Waals surface area contributed by atoms with Crippen LogP contribution in [0.15, 0.2) is 30.3 Å². The summed E-state index contributed by atoms with van der Waals surface area (Å²) >= 11 is 12.7. The topological polar surface area (TPSA) is 48.8 Å². The van der Waals surface area contributed by atoms with E-state index >= 15 is 0 Å². The summed E-state index contributed by atoms with van der Waals surface area (Å²) in [6, 6.07) is 9.41. The predicted octanol–water partition coefficient (Wildman–Crippen LogP) is 3.89. The van der Waals surface area contributed by atoms with Crippen molar-refractivity contribution in [2.75, 3.05) is 5.32 Å². The first kappa shape index (κ1) is 11.4. The van der Waals surface area contributed by atoms with E-state index in [-0.39, 0.29) is 11.0 Å². The third-order valence-electron chi connectivity index (χ3n) is 1.87. The average molecular weight is 272 g/mol. The second-order valence-electron chi connectivity index (χ2n) is 2.98. The molecule has 3 nitrogen and oxygen atoms in total. The normalized spacial score (nSPS) is 10.1. The van der Waals surface area contributed by atoms with Crippen molar-refractivity contribution in [3.05, 3.63) is 45.4 Å². The summed E-state index contributed by atoms with van der Waals surface area (Å²) in [5, 5.41) is 11.3. The molecule has 82 valence electrons. The average Bonchev–Trinajstić information content (AvgIpc) is 2.61.